The number of nitro groups is 1. The smallest absolute Gasteiger partial charge is 0.344 e. The molecule has 0 bridgehead atoms. The number of hydrogen-bond acceptors (Lipinski definition) is 8. The van der Waals surface area contributed by atoms with Gasteiger partial charge in [-0.2, -0.15) is 0 Å². The number of benzene rings is 2. The minimum Gasteiger partial charge on any atom is -0.494 e. The molecule has 1 N–H and O–H groups in total. The third-order valence-corrected chi connectivity index (χ3v) is 3.82. The summed E-state index contributed by atoms with van der Waals surface area (Å²) >= 11 is 0. The predicted molar refractivity (Wildman–Crippen MR) is 107 cm³/mol. The molecule has 0 radical (unpaired) electrons. The zero-order valence-electron chi connectivity index (χ0n) is 16.7. The van der Waals surface area contributed by atoms with Crippen LogP contribution in [0.4, 0.5) is 11.4 Å². The van der Waals surface area contributed by atoms with Gasteiger partial charge in [-0.3, -0.25) is 14.9 Å². The van der Waals surface area contributed by atoms with Crippen LogP contribution in [0.2, 0.25) is 0 Å². The van der Waals surface area contributed by atoms with Gasteiger partial charge < -0.3 is 24.3 Å². The fourth-order valence-corrected chi connectivity index (χ4v) is 2.36. The number of anilines is 1. The lowest BCUT2D eigenvalue weighted by Gasteiger charge is -2.15. The second-order valence-electron chi connectivity index (χ2n) is 5.96. The topological polar surface area (TPSA) is 126 Å². The van der Waals surface area contributed by atoms with Gasteiger partial charge in [0, 0.05) is 6.07 Å². The van der Waals surface area contributed by atoms with E-state index in [1.165, 1.54) is 32.2 Å². The first-order valence-electron chi connectivity index (χ1n) is 9.02. The van der Waals surface area contributed by atoms with Crippen molar-refractivity contribution in [3.63, 3.8) is 0 Å². The van der Waals surface area contributed by atoms with E-state index in [1.807, 2.05) is 6.92 Å². The highest BCUT2D eigenvalue weighted by molar-refractivity contribution is 5.96. The first kappa shape index (κ1) is 22.5. The van der Waals surface area contributed by atoms with Crippen LogP contribution in [0.1, 0.15) is 13.8 Å². The number of rotatable bonds is 10. The molecule has 30 heavy (non-hydrogen) atoms. The molecule has 10 nitrogen and oxygen atoms in total. The first-order chi connectivity index (χ1) is 14.3. The van der Waals surface area contributed by atoms with Crippen molar-refractivity contribution in [1.29, 1.82) is 0 Å². The Morgan fingerprint density at radius 1 is 1.10 bits per heavy atom. The average Bonchev–Trinajstić information content (AvgIpc) is 2.73. The molecule has 0 unspecified atom stereocenters. The molecule has 2 aromatic carbocycles. The van der Waals surface area contributed by atoms with Crippen LogP contribution >= 0.6 is 0 Å². The van der Waals surface area contributed by atoms with E-state index in [0.29, 0.717) is 18.1 Å². The van der Waals surface area contributed by atoms with Crippen LogP contribution in [-0.4, -0.2) is 43.2 Å². The van der Waals surface area contributed by atoms with E-state index in [2.05, 4.69) is 5.32 Å². The molecule has 2 rings (SSSR count). The number of carbonyl (C=O) groups excluding carboxylic acids is 2. The fourth-order valence-electron chi connectivity index (χ4n) is 2.36. The van der Waals surface area contributed by atoms with Gasteiger partial charge in [0.15, 0.2) is 12.7 Å². The van der Waals surface area contributed by atoms with Gasteiger partial charge in [-0.1, -0.05) is 0 Å². The quantitative estimate of drug-likeness (QED) is 0.354. The Bertz CT molecular complexity index is 898. The number of nitrogens with one attached hydrogen (secondary N) is 1. The lowest BCUT2D eigenvalue weighted by molar-refractivity contribution is -0.384. The van der Waals surface area contributed by atoms with Gasteiger partial charge in [0.2, 0.25) is 0 Å². The number of esters is 1. The van der Waals surface area contributed by atoms with E-state index in [-0.39, 0.29) is 23.7 Å². The second kappa shape index (κ2) is 10.6. The molecule has 160 valence electrons. The number of nitrogens with zero attached hydrogens (tertiary/aromatic N) is 1. The lowest BCUT2D eigenvalue weighted by Crippen LogP contribution is -2.31. The van der Waals surface area contributed by atoms with E-state index in [9.17, 15) is 19.7 Å². The van der Waals surface area contributed by atoms with Gasteiger partial charge in [0.05, 0.1) is 30.4 Å². The Hall–Kier alpha value is -3.82. The SMILES string of the molecule is CCOc1ccc(OCC(=O)O[C@@H](C)C(=O)Nc2ccc([N+](=O)[O-])cc2OC)cc1. The van der Waals surface area contributed by atoms with Crippen molar-refractivity contribution in [1.82, 2.24) is 0 Å². The van der Waals surface area contributed by atoms with E-state index in [4.69, 9.17) is 18.9 Å². The molecule has 0 aromatic heterocycles. The van der Waals surface area contributed by atoms with Crippen molar-refractivity contribution in [2.75, 3.05) is 25.6 Å². The standard InChI is InChI=1S/C20H22N2O8/c1-4-28-15-6-8-16(9-7-15)29-12-19(23)30-13(2)20(24)21-17-10-5-14(22(25)26)11-18(17)27-3/h5-11,13H,4,12H2,1-3H3,(H,21,24)/t13-/m0/s1. The first-order valence-corrected chi connectivity index (χ1v) is 9.02. The number of non-ortho nitro benzene ring substituents is 1. The Morgan fingerprint density at radius 2 is 1.73 bits per heavy atom. The van der Waals surface area contributed by atoms with Crippen molar-refractivity contribution in [3.8, 4) is 17.2 Å². The Labute approximate surface area is 172 Å². The van der Waals surface area contributed by atoms with Crippen LogP contribution in [0.3, 0.4) is 0 Å². The summed E-state index contributed by atoms with van der Waals surface area (Å²) in [6.07, 6.45) is -1.12. The van der Waals surface area contributed by atoms with Gasteiger partial charge >= 0.3 is 5.97 Å². The monoisotopic (exact) mass is 418 g/mol. The molecular formula is C20H22N2O8. The maximum Gasteiger partial charge on any atom is 0.344 e. The second-order valence-corrected chi connectivity index (χ2v) is 5.96. The number of hydrogen-bond donors (Lipinski definition) is 1. The average molecular weight is 418 g/mol. The summed E-state index contributed by atoms with van der Waals surface area (Å²) in [6, 6.07) is 10.4. The molecular weight excluding hydrogens is 396 g/mol. The molecule has 0 aliphatic carbocycles. The highest BCUT2D eigenvalue weighted by atomic mass is 16.6. The van der Waals surface area contributed by atoms with Crippen molar-refractivity contribution in [3.05, 3.63) is 52.6 Å². The van der Waals surface area contributed by atoms with Crippen LogP contribution in [0.25, 0.3) is 0 Å². The van der Waals surface area contributed by atoms with Gasteiger partial charge in [0.25, 0.3) is 11.6 Å². The summed E-state index contributed by atoms with van der Waals surface area (Å²) < 4.78 is 20.7. The molecule has 0 fully saturated rings. The summed E-state index contributed by atoms with van der Waals surface area (Å²) in [5.74, 6) is -0.129. The lowest BCUT2D eigenvalue weighted by atomic mass is 10.2. The minimum absolute atomic E-state index is 0.106. The van der Waals surface area contributed by atoms with Crippen molar-refractivity contribution < 1.29 is 33.5 Å². The van der Waals surface area contributed by atoms with E-state index in [0.717, 1.165) is 0 Å². The fraction of sp³-hybridized carbons (Fsp3) is 0.300. The number of ether oxygens (including phenoxy) is 4. The molecule has 0 aliphatic heterocycles. The van der Waals surface area contributed by atoms with Gasteiger partial charge in [0.1, 0.15) is 17.2 Å². The Morgan fingerprint density at radius 3 is 2.30 bits per heavy atom. The van der Waals surface area contributed by atoms with Gasteiger partial charge in [-0.05, 0) is 44.2 Å². The molecule has 0 saturated heterocycles. The summed E-state index contributed by atoms with van der Waals surface area (Å²) in [6.45, 7) is 3.42. The maximum atomic E-state index is 12.3. The Kier molecular flexibility index (Phi) is 7.98. The third-order valence-electron chi connectivity index (χ3n) is 3.82. The summed E-state index contributed by atoms with van der Waals surface area (Å²) in [4.78, 5) is 34.5. The number of methoxy groups -OCH3 is 1. The number of nitro benzene ring substituents is 1. The molecule has 0 aliphatic rings. The maximum absolute atomic E-state index is 12.3. The zero-order valence-corrected chi connectivity index (χ0v) is 16.7. The minimum atomic E-state index is -1.12. The summed E-state index contributed by atoms with van der Waals surface area (Å²) in [5.41, 5.74) is 0.0254. The normalized spacial score (nSPS) is 11.2. The molecule has 0 saturated carbocycles. The number of carbonyl (C=O) groups is 2. The number of amides is 1. The zero-order chi connectivity index (χ0) is 22.1. The van der Waals surface area contributed by atoms with E-state index in [1.54, 1.807) is 24.3 Å². The Balaban J connectivity index is 1.87. The van der Waals surface area contributed by atoms with Crippen molar-refractivity contribution in [2.45, 2.75) is 20.0 Å². The largest absolute Gasteiger partial charge is 0.494 e. The molecule has 1 atom stereocenters. The van der Waals surface area contributed by atoms with Crippen LogP contribution < -0.4 is 19.5 Å². The van der Waals surface area contributed by atoms with Crippen LogP contribution in [-0.2, 0) is 14.3 Å². The van der Waals surface area contributed by atoms with Gasteiger partial charge in [-0.25, -0.2) is 4.79 Å². The molecule has 2 aromatic rings. The third kappa shape index (κ3) is 6.36. The van der Waals surface area contributed by atoms with E-state index < -0.39 is 22.9 Å². The van der Waals surface area contributed by atoms with Crippen LogP contribution in [0, 0.1) is 10.1 Å². The van der Waals surface area contributed by atoms with Crippen LogP contribution in [0.5, 0.6) is 17.2 Å². The molecule has 0 spiro atoms. The molecule has 1 amide bonds. The van der Waals surface area contributed by atoms with Crippen molar-refractivity contribution >= 4 is 23.3 Å². The summed E-state index contributed by atoms with van der Waals surface area (Å²) in [5, 5.41) is 13.3. The van der Waals surface area contributed by atoms with Gasteiger partial charge in [-0.15, -0.1) is 0 Å². The highest BCUT2D eigenvalue weighted by Crippen LogP contribution is 2.29. The molecule has 10 heteroatoms. The van der Waals surface area contributed by atoms with Crippen molar-refractivity contribution in [2.24, 2.45) is 0 Å². The molecule has 0 heterocycles. The predicted octanol–water partition coefficient (Wildman–Crippen LogP) is 2.95. The highest BCUT2D eigenvalue weighted by Gasteiger charge is 2.20. The van der Waals surface area contributed by atoms with Crippen LogP contribution in [0.15, 0.2) is 42.5 Å². The summed E-state index contributed by atoms with van der Waals surface area (Å²) in [7, 11) is 1.32. The van der Waals surface area contributed by atoms with E-state index >= 15 is 0 Å².